The zero-order chi connectivity index (χ0) is 18.8. The summed E-state index contributed by atoms with van der Waals surface area (Å²) >= 11 is 1.18. The number of likely N-dealkylation sites (tertiary alicyclic amines) is 1. The molecule has 0 atom stereocenters. The molecule has 2 N–H and O–H groups in total. The molecule has 7 heteroatoms. The number of amides is 2. The van der Waals surface area contributed by atoms with E-state index in [2.05, 4.69) is 4.99 Å². The smallest absolute Gasteiger partial charge is 0.286 e. The first-order valence-corrected chi connectivity index (χ1v) is 9.98. The molecule has 4 rings (SSSR count). The number of thioether (sulfide) groups is 1. The number of nitrogens with zero attached hydrogens (tertiary/aromatic N) is 2. The number of amidine groups is 1. The second kappa shape index (κ2) is 7.60. The third-order valence-corrected chi connectivity index (χ3v) is 5.74. The summed E-state index contributed by atoms with van der Waals surface area (Å²) in [6.07, 6.45) is 8.05. The molecule has 0 saturated carbocycles. The molecule has 6 nitrogen and oxygen atoms in total. The Morgan fingerprint density at radius 1 is 1.30 bits per heavy atom. The maximum Gasteiger partial charge on any atom is 0.286 e. The molecule has 1 aromatic carbocycles. The molecule has 27 heavy (non-hydrogen) atoms. The van der Waals surface area contributed by atoms with Crippen LogP contribution in [0.5, 0.6) is 0 Å². The van der Waals surface area contributed by atoms with E-state index in [1.54, 1.807) is 12.3 Å². The van der Waals surface area contributed by atoms with E-state index in [0.717, 1.165) is 48.0 Å². The van der Waals surface area contributed by atoms with Crippen molar-refractivity contribution in [1.29, 1.82) is 0 Å². The second-order valence-electron chi connectivity index (χ2n) is 6.82. The minimum absolute atomic E-state index is 0.211. The summed E-state index contributed by atoms with van der Waals surface area (Å²) < 4.78 is 5.63. The van der Waals surface area contributed by atoms with Gasteiger partial charge in [-0.3, -0.25) is 9.59 Å². The molecule has 0 aliphatic carbocycles. The molecule has 0 spiro atoms. The predicted molar refractivity (Wildman–Crippen MR) is 107 cm³/mol. The number of rotatable bonds is 4. The van der Waals surface area contributed by atoms with E-state index in [-0.39, 0.29) is 17.0 Å². The molecular formula is C20H21N3O3S. The van der Waals surface area contributed by atoms with Crippen LogP contribution in [-0.2, 0) is 16.0 Å². The quantitative estimate of drug-likeness (QED) is 0.818. The molecule has 2 aromatic rings. The first-order chi connectivity index (χ1) is 13.1. The van der Waals surface area contributed by atoms with Gasteiger partial charge in [0.1, 0.15) is 5.58 Å². The molecular weight excluding hydrogens is 362 g/mol. The number of aryl methyl sites for hydroxylation is 1. The summed E-state index contributed by atoms with van der Waals surface area (Å²) in [5, 5.41) is 1.24. The van der Waals surface area contributed by atoms with Gasteiger partial charge in [0, 0.05) is 24.9 Å². The number of carbonyl (C=O) groups excluding carboxylic acids is 2. The van der Waals surface area contributed by atoms with E-state index in [1.807, 2.05) is 23.1 Å². The average Bonchev–Trinajstić information content (AvgIpc) is 3.22. The largest absolute Gasteiger partial charge is 0.464 e. The van der Waals surface area contributed by atoms with Gasteiger partial charge in [-0.1, -0.05) is 6.07 Å². The number of nitrogens with two attached hydrogens (primary N) is 1. The van der Waals surface area contributed by atoms with E-state index >= 15 is 0 Å². The van der Waals surface area contributed by atoms with Gasteiger partial charge in [0.15, 0.2) is 5.17 Å². The topological polar surface area (TPSA) is 88.9 Å². The first kappa shape index (κ1) is 17.9. The average molecular weight is 383 g/mol. The van der Waals surface area contributed by atoms with Crippen molar-refractivity contribution in [3.63, 3.8) is 0 Å². The summed E-state index contributed by atoms with van der Waals surface area (Å²) in [6.45, 7) is 1.75. The van der Waals surface area contributed by atoms with E-state index in [1.165, 1.54) is 18.2 Å². The molecule has 2 aliphatic rings. The summed E-state index contributed by atoms with van der Waals surface area (Å²) in [7, 11) is 0. The van der Waals surface area contributed by atoms with Gasteiger partial charge in [0.05, 0.1) is 11.2 Å². The summed E-state index contributed by atoms with van der Waals surface area (Å²) in [5.74, 6) is -0.0972. The molecule has 1 fully saturated rings. The third-order valence-electron chi connectivity index (χ3n) is 4.93. The highest BCUT2D eigenvalue weighted by atomic mass is 32.2. The van der Waals surface area contributed by atoms with E-state index in [0.29, 0.717) is 17.7 Å². The molecule has 0 radical (unpaired) electrons. The van der Waals surface area contributed by atoms with Crippen LogP contribution < -0.4 is 5.73 Å². The summed E-state index contributed by atoms with van der Waals surface area (Å²) in [6, 6.07) is 5.75. The van der Waals surface area contributed by atoms with Crippen LogP contribution in [0.2, 0.25) is 0 Å². The lowest BCUT2D eigenvalue weighted by Crippen LogP contribution is -2.35. The highest BCUT2D eigenvalue weighted by molar-refractivity contribution is 8.18. The van der Waals surface area contributed by atoms with Crippen molar-refractivity contribution in [2.24, 2.45) is 10.7 Å². The van der Waals surface area contributed by atoms with E-state index < -0.39 is 0 Å². The minimum Gasteiger partial charge on any atom is -0.464 e. The Bertz CT molecular complexity index is 955. The van der Waals surface area contributed by atoms with Gasteiger partial charge in [-0.2, -0.15) is 4.99 Å². The van der Waals surface area contributed by atoms with E-state index in [4.69, 9.17) is 10.2 Å². The number of hydrogen-bond donors (Lipinski definition) is 1. The number of benzene rings is 1. The number of carbonyl (C=O) groups is 2. The van der Waals surface area contributed by atoms with Gasteiger partial charge in [0.25, 0.3) is 5.91 Å². The molecule has 1 saturated heterocycles. The number of piperidine rings is 1. The van der Waals surface area contributed by atoms with Gasteiger partial charge < -0.3 is 15.1 Å². The van der Waals surface area contributed by atoms with Gasteiger partial charge in [0.2, 0.25) is 5.91 Å². The Hall–Kier alpha value is -2.54. The second-order valence-corrected chi connectivity index (χ2v) is 7.89. The van der Waals surface area contributed by atoms with Crippen molar-refractivity contribution in [3.8, 4) is 0 Å². The monoisotopic (exact) mass is 383 g/mol. The van der Waals surface area contributed by atoms with Gasteiger partial charge >= 0.3 is 0 Å². The van der Waals surface area contributed by atoms with Crippen LogP contribution in [0, 0.1) is 0 Å². The standard InChI is InChI=1S/C20H21N3O3S/c21-20-22-19(25)17(27-20)11-13-4-6-16-15(10-13)14(12-26-16)5-7-18(24)23-8-2-1-3-9-23/h4,6,10-12H,1-3,5,7-9H2,(H2,21,22,25). The van der Waals surface area contributed by atoms with Crippen molar-refractivity contribution in [2.45, 2.75) is 32.1 Å². The molecule has 3 heterocycles. The van der Waals surface area contributed by atoms with E-state index in [9.17, 15) is 9.59 Å². The summed E-state index contributed by atoms with van der Waals surface area (Å²) in [5.41, 5.74) is 8.27. The lowest BCUT2D eigenvalue weighted by atomic mass is 10.0. The fourth-order valence-electron chi connectivity index (χ4n) is 3.50. The van der Waals surface area contributed by atoms with Crippen LogP contribution in [-0.4, -0.2) is 35.0 Å². The zero-order valence-electron chi connectivity index (χ0n) is 14.9. The molecule has 2 aliphatic heterocycles. The number of furan rings is 1. The molecule has 1 aromatic heterocycles. The normalized spacial score (nSPS) is 19.1. The van der Waals surface area contributed by atoms with Crippen molar-refractivity contribution in [1.82, 2.24) is 4.90 Å². The van der Waals surface area contributed by atoms with Crippen molar-refractivity contribution in [2.75, 3.05) is 13.1 Å². The lowest BCUT2D eigenvalue weighted by Gasteiger charge is -2.26. The highest BCUT2D eigenvalue weighted by Gasteiger charge is 2.20. The van der Waals surface area contributed by atoms with Crippen LogP contribution >= 0.6 is 11.8 Å². The molecule has 140 valence electrons. The van der Waals surface area contributed by atoms with Crippen molar-refractivity contribution < 1.29 is 14.0 Å². The molecule has 0 unspecified atom stereocenters. The Kier molecular flexibility index (Phi) is 5.03. The van der Waals surface area contributed by atoms with Crippen LogP contribution in [0.4, 0.5) is 0 Å². The maximum absolute atomic E-state index is 12.4. The first-order valence-electron chi connectivity index (χ1n) is 9.16. The SMILES string of the molecule is NC1=NC(=O)C(=Cc2ccc3occ(CCC(=O)N4CCCCC4)c3c2)S1. The Labute approximate surface area is 161 Å². The lowest BCUT2D eigenvalue weighted by molar-refractivity contribution is -0.132. The third kappa shape index (κ3) is 3.93. The minimum atomic E-state index is -0.308. The Morgan fingerprint density at radius 2 is 2.11 bits per heavy atom. The Morgan fingerprint density at radius 3 is 2.85 bits per heavy atom. The van der Waals surface area contributed by atoms with Crippen molar-refractivity contribution >= 4 is 45.8 Å². The Balaban J connectivity index is 1.50. The fourth-order valence-corrected chi connectivity index (χ4v) is 4.18. The molecule has 2 amide bonds. The van der Waals surface area contributed by atoms with Crippen LogP contribution in [0.25, 0.3) is 17.0 Å². The number of aliphatic imine (C=N–C) groups is 1. The zero-order valence-corrected chi connectivity index (χ0v) is 15.8. The fraction of sp³-hybridized carbons (Fsp3) is 0.350. The maximum atomic E-state index is 12.4. The summed E-state index contributed by atoms with van der Waals surface area (Å²) in [4.78, 5) is 30.4. The number of fused-ring (bicyclic) bond motifs is 1. The van der Waals surface area contributed by atoms with Crippen molar-refractivity contribution in [3.05, 3.63) is 40.5 Å². The van der Waals surface area contributed by atoms with Gasteiger partial charge in [-0.05, 0) is 66.8 Å². The number of hydrogen-bond acceptors (Lipinski definition) is 5. The highest BCUT2D eigenvalue weighted by Crippen LogP contribution is 2.29. The van der Waals surface area contributed by atoms with Crippen LogP contribution in [0.3, 0.4) is 0 Å². The van der Waals surface area contributed by atoms with Gasteiger partial charge in [-0.25, -0.2) is 0 Å². The predicted octanol–water partition coefficient (Wildman–Crippen LogP) is 3.31. The van der Waals surface area contributed by atoms with Crippen LogP contribution in [0.15, 0.2) is 38.8 Å². The molecule has 0 bridgehead atoms. The van der Waals surface area contributed by atoms with Gasteiger partial charge in [-0.15, -0.1) is 0 Å². The van der Waals surface area contributed by atoms with Crippen LogP contribution in [0.1, 0.15) is 36.8 Å².